The van der Waals surface area contributed by atoms with E-state index in [1.54, 1.807) is 0 Å². The van der Waals surface area contributed by atoms with Crippen molar-refractivity contribution in [2.45, 2.75) is 45.2 Å². The van der Waals surface area contributed by atoms with Crippen LogP contribution < -0.4 is 5.73 Å². The Bertz CT molecular complexity index is 352. The maximum absolute atomic E-state index is 6.34. The molecular formula is C15H25N3. The lowest BCUT2D eigenvalue weighted by atomic mass is 9.94. The predicted molar refractivity (Wildman–Crippen MR) is 75.2 cm³/mol. The first-order chi connectivity index (χ1) is 8.72. The van der Waals surface area contributed by atoms with Crippen LogP contribution in [0, 0.1) is 5.92 Å². The van der Waals surface area contributed by atoms with E-state index in [9.17, 15) is 0 Å². The minimum Gasteiger partial charge on any atom is -0.326 e. The van der Waals surface area contributed by atoms with Gasteiger partial charge in [0.2, 0.25) is 0 Å². The van der Waals surface area contributed by atoms with E-state index >= 15 is 0 Å². The van der Waals surface area contributed by atoms with E-state index in [0.29, 0.717) is 0 Å². The standard InChI is InChI=1S/C15H25N3/c1-3-13(16)15(14-8-4-5-9-17-14)18-10-6-7-12(2)11-18/h4-5,8-9,12-13,15H,3,6-7,10-11,16H2,1-2H3. The van der Waals surface area contributed by atoms with Crippen molar-refractivity contribution in [2.24, 2.45) is 11.7 Å². The number of aromatic nitrogens is 1. The average molecular weight is 247 g/mol. The van der Waals surface area contributed by atoms with E-state index in [-0.39, 0.29) is 12.1 Å². The third-order valence-corrected chi connectivity index (χ3v) is 3.95. The van der Waals surface area contributed by atoms with Crippen molar-refractivity contribution in [2.75, 3.05) is 13.1 Å². The molecule has 3 atom stereocenters. The first kappa shape index (κ1) is 13.5. The number of nitrogens with zero attached hydrogens (tertiary/aromatic N) is 2. The van der Waals surface area contributed by atoms with E-state index in [1.165, 1.54) is 12.8 Å². The van der Waals surface area contributed by atoms with Crippen LogP contribution in [0.2, 0.25) is 0 Å². The van der Waals surface area contributed by atoms with Gasteiger partial charge in [-0.15, -0.1) is 0 Å². The molecule has 1 fully saturated rings. The Kier molecular flexibility index (Phi) is 4.72. The summed E-state index contributed by atoms with van der Waals surface area (Å²) in [5, 5.41) is 0. The Balaban J connectivity index is 2.20. The van der Waals surface area contributed by atoms with Crippen LogP contribution in [0.25, 0.3) is 0 Å². The molecule has 2 N–H and O–H groups in total. The maximum atomic E-state index is 6.34. The zero-order chi connectivity index (χ0) is 13.0. The highest BCUT2D eigenvalue weighted by molar-refractivity contribution is 5.11. The minimum atomic E-state index is 0.171. The Labute approximate surface area is 110 Å². The van der Waals surface area contributed by atoms with Crippen LogP contribution in [0.15, 0.2) is 24.4 Å². The van der Waals surface area contributed by atoms with E-state index in [2.05, 4.69) is 35.9 Å². The van der Waals surface area contributed by atoms with Crippen molar-refractivity contribution >= 4 is 0 Å². The van der Waals surface area contributed by atoms with Crippen LogP contribution in [0.3, 0.4) is 0 Å². The molecule has 1 aromatic heterocycles. The highest BCUT2D eigenvalue weighted by Crippen LogP contribution is 2.28. The molecule has 0 bridgehead atoms. The van der Waals surface area contributed by atoms with Gasteiger partial charge in [0.1, 0.15) is 0 Å². The fourth-order valence-corrected chi connectivity index (χ4v) is 2.93. The molecule has 3 unspecified atom stereocenters. The van der Waals surface area contributed by atoms with Crippen molar-refractivity contribution in [1.82, 2.24) is 9.88 Å². The molecule has 2 rings (SSSR count). The highest BCUT2D eigenvalue weighted by atomic mass is 15.2. The molecule has 0 aliphatic carbocycles. The molecular weight excluding hydrogens is 222 g/mol. The van der Waals surface area contributed by atoms with Gasteiger partial charge >= 0.3 is 0 Å². The number of rotatable bonds is 4. The van der Waals surface area contributed by atoms with Crippen LogP contribution in [0.1, 0.15) is 44.8 Å². The van der Waals surface area contributed by atoms with Crippen LogP contribution in [-0.2, 0) is 0 Å². The second kappa shape index (κ2) is 6.30. The largest absolute Gasteiger partial charge is 0.326 e. The van der Waals surface area contributed by atoms with E-state index in [4.69, 9.17) is 5.73 Å². The van der Waals surface area contributed by atoms with Crippen molar-refractivity contribution in [3.8, 4) is 0 Å². The maximum Gasteiger partial charge on any atom is 0.0673 e. The second-order valence-corrected chi connectivity index (χ2v) is 5.51. The summed E-state index contributed by atoms with van der Waals surface area (Å²) in [6, 6.07) is 6.59. The molecule has 1 aromatic rings. The monoisotopic (exact) mass is 247 g/mol. The number of likely N-dealkylation sites (tertiary alicyclic amines) is 1. The lowest BCUT2D eigenvalue weighted by Crippen LogP contribution is -2.45. The van der Waals surface area contributed by atoms with Gasteiger partial charge in [0, 0.05) is 18.8 Å². The molecule has 100 valence electrons. The summed E-state index contributed by atoms with van der Waals surface area (Å²) in [4.78, 5) is 7.06. The van der Waals surface area contributed by atoms with Crippen molar-refractivity contribution in [1.29, 1.82) is 0 Å². The SMILES string of the molecule is CCC(N)C(c1ccccn1)N1CCCC(C)C1. The van der Waals surface area contributed by atoms with Gasteiger partial charge < -0.3 is 5.73 Å². The third-order valence-electron chi connectivity index (χ3n) is 3.95. The minimum absolute atomic E-state index is 0.171. The van der Waals surface area contributed by atoms with Gasteiger partial charge in [0.15, 0.2) is 0 Å². The Morgan fingerprint density at radius 1 is 1.50 bits per heavy atom. The average Bonchev–Trinajstić information content (AvgIpc) is 2.40. The summed E-state index contributed by atoms with van der Waals surface area (Å²) in [5.74, 6) is 0.772. The molecule has 18 heavy (non-hydrogen) atoms. The summed E-state index contributed by atoms with van der Waals surface area (Å²) >= 11 is 0. The predicted octanol–water partition coefficient (Wildman–Crippen LogP) is 2.59. The quantitative estimate of drug-likeness (QED) is 0.889. The van der Waals surface area contributed by atoms with Crippen molar-refractivity contribution in [3.05, 3.63) is 30.1 Å². The Morgan fingerprint density at radius 2 is 2.33 bits per heavy atom. The molecule has 1 aliphatic rings. The van der Waals surface area contributed by atoms with Crippen LogP contribution in [0.4, 0.5) is 0 Å². The third kappa shape index (κ3) is 3.09. The van der Waals surface area contributed by atoms with Gasteiger partial charge in [-0.1, -0.05) is 19.9 Å². The molecule has 0 saturated carbocycles. The smallest absolute Gasteiger partial charge is 0.0673 e. The fraction of sp³-hybridized carbons (Fsp3) is 0.667. The number of hydrogen-bond donors (Lipinski definition) is 1. The van der Waals surface area contributed by atoms with E-state index < -0.39 is 0 Å². The van der Waals surface area contributed by atoms with E-state index in [1.807, 2.05) is 12.3 Å². The van der Waals surface area contributed by atoms with Crippen molar-refractivity contribution < 1.29 is 0 Å². The molecule has 0 aromatic carbocycles. The number of hydrogen-bond acceptors (Lipinski definition) is 3. The van der Waals surface area contributed by atoms with Crippen molar-refractivity contribution in [3.63, 3.8) is 0 Å². The summed E-state index contributed by atoms with van der Waals surface area (Å²) in [6.07, 6.45) is 5.48. The molecule has 0 spiro atoms. The molecule has 3 heteroatoms. The first-order valence-corrected chi connectivity index (χ1v) is 7.13. The first-order valence-electron chi connectivity index (χ1n) is 7.13. The lowest BCUT2D eigenvalue weighted by Gasteiger charge is -2.39. The number of piperidine rings is 1. The topological polar surface area (TPSA) is 42.1 Å². The molecule has 1 saturated heterocycles. The van der Waals surface area contributed by atoms with Gasteiger partial charge in [0.25, 0.3) is 0 Å². The van der Waals surface area contributed by atoms with Crippen LogP contribution in [-0.4, -0.2) is 29.0 Å². The van der Waals surface area contributed by atoms with Gasteiger partial charge in [0.05, 0.1) is 11.7 Å². The summed E-state index contributed by atoms with van der Waals surface area (Å²) in [6.45, 7) is 6.79. The second-order valence-electron chi connectivity index (χ2n) is 5.51. The van der Waals surface area contributed by atoms with Gasteiger partial charge in [-0.3, -0.25) is 9.88 Å². The van der Waals surface area contributed by atoms with E-state index in [0.717, 1.165) is 31.1 Å². The summed E-state index contributed by atoms with van der Waals surface area (Å²) < 4.78 is 0. The molecule has 1 aliphatic heterocycles. The zero-order valence-corrected chi connectivity index (χ0v) is 11.5. The van der Waals surface area contributed by atoms with Crippen LogP contribution >= 0.6 is 0 Å². The molecule has 0 amide bonds. The number of nitrogens with two attached hydrogens (primary N) is 1. The van der Waals surface area contributed by atoms with Gasteiger partial charge in [-0.2, -0.15) is 0 Å². The normalized spacial score (nSPS) is 24.7. The Hall–Kier alpha value is -0.930. The Morgan fingerprint density at radius 3 is 2.94 bits per heavy atom. The molecule has 2 heterocycles. The lowest BCUT2D eigenvalue weighted by molar-refractivity contribution is 0.109. The number of pyridine rings is 1. The summed E-state index contributed by atoms with van der Waals surface area (Å²) in [7, 11) is 0. The highest BCUT2D eigenvalue weighted by Gasteiger charge is 2.29. The van der Waals surface area contributed by atoms with Gasteiger partial charge in [-0.25, -0.2) is 0 Å². The fourth-order valence-electron chi connectivity index (χ4n) is 2.93. The van der Waals surface area contributed by atoms with Crippen LogP contribution in [0.5, 0.6) is 0 Å². The zero-order valence-electron chi connectivity index (χ0n) is 11.5. The van der Waals surface area contributed by atoms with Gasteiger partial charge in [-0.05, 0) is 43.9 Å². The molecule has 3 nitrogen and oxygen atoms in total. The summed E-state index contributed by atoms with van der Waals surface area (Å²) in [5.41, 5.74) is 7.47. The molecule has 0 radical (unpaired) electrons.